The molecule has 1 aliphatic carbocycles. The molecule has 0 aliphatic heterocycles. The van der Waals surface area contributed by atoms with Gasteiger partial charge in [0.2, 0.25) is 0 Å². The van der Waals surface area contributed by atoms with Gasteiger partial charge in [-0.05, 0) is 44.4 Å². The van der Waals surface area contributed by atoms with Crippen LogP contribution in [-0.4, -0.2) is 26.3 Å². The zero-order valence-electron chi connectivity index (χ0n) is 11.7. The maximum Gasteiger partial charge on any atom is 0.316 e. The number of carbonyl (C=O) groups excluding carboxylic acids is 1. The summed E-state index contributed by atoms with van der Waals surface area (Å²) in [4.78, 5) is 11.9. The fourth-order valence-electron chi connectivity index (χ4n) is 2.28. The molecule has 0 atom stereocenters. The molecule has 1 aromatic carbocycles. The highest BCUT2D eigenvalue weighted by molar-refractivity contribution is 5.86. The Bertz CT molecular complexity index is 463. The third-order valence-electron chi connectivity index (χ3n) is 3.42. The average molecular weight is 264 g/mol. The quantitative estimate of drug-likeness (QED) is 0.741. The van der Waals surface area contributed by atoms with Gasteiger partial charge in [-0.25, -0.2) is 0 Å². The maximum atomic E-state index is 11.9. The Balaban J connectivity index is 2.33. The van der Waals surface area contributed by atoms with Crippen LogP contribution in [0.5, 0.6) is 11.5 Å². The molecule has 4 nitrogen and oxygen atoms in total. The van der Waals surface area contributed by atoms with Crippen LogP contribution in [0.1, 0.15) is 32.3 Å². The number of benzene rings is 1. The molecule has 0 aromatic heterocycles. The van der Waals surface area contributed by atoms with Crippen molar-refractivity contribution < 1.29 is 19.0 Å². The van der Waals surface area contributed by atoms with Crippen molar-refractivity contribution in [1.82, 2.24) is 0 Å². The van der Waals surface area contributed by atoms with E-state index in [9.17, 15) is 4.79 Å². The first kappa shape index (κ1) is 13.7. The number of carbonyl (C=O) groups is 1. The van der Waals surface area contributed by atoms with E-state index in [0.29, 0.717) is 24.7 Å². The van der Waals surface area contributed by atoms with Crippen LogP contribution in [0.25, 0.3) is 0 Å². The topological polar surface area (TPSA) is 44.8 Å². The van der Waals surface area contributed by atoms with Gasteiger partial charge in [-0.15, -0.1) is 0 Å². The van der Waals surface area contributed by atoms with Gasteiger partial charge in [0.1, 0.15) is 0 Å². The minimum absolute atomic E-state index is 0.167. The Kier molecular flexibility index (Phi) is 3.98. The third kappa shape index (κ3) is 2.53. The predicted molar refractivity (Wildman–Crippen MR) is 71.7 cm³/mol. The predicted octanol–water partition coefficient (Wildman–Crippen LogP) is 2.69. The first-order valence-electron chi connectivity index (χ1n) is 6.66. The molecule has 0 N–H and O–H groups in total. The van der Waals surface area contributed by atoms with Crippen molar-refractivity contribution in [3.05, 3.63) is 23.8 Å². The van der Waals surface area contributed by atoms with E-state index in [1.165, 1.54) is 7.11 Å². The minimum atomic E-state index is -0.467. The summed E-state index contributed by atoms with van der Waals surface area (Å²) in [6.45, 7) is 5.01. The molecular formula is C15H20O4. The summed E-state index contributed by atoms with van der Waals surface area (Å²) < 4.78 is 16.0. The highest BCUT2D eigenvalue weighted by atomic mass is 16.5. The summed E-state index contributed by atoms with van der Waals surface area (Å²) >= 11 is 0. The standard InChI is InChI=1S/C15H20O4/c1-4-18-12-7-6-11(10-13(12)19-5-2)15(8-9-15)14(16)17-3/h6-7,10H,4-5,8-9H2,1-3H3. The van der Waals surface area contributed by atoms with E-state index in [-0.39, 0.29) is 5.97 Å². The molecular weight excluding hydrogens is 244 g/mol. The lowest BCUT2D eigenvalue weighted by Gasteiger charge is -2.16. The lowest BCUT2D eigenvalue weighted by Crippen LogP contribution is -2.21. The summed E-state index contributed by atoms with van der Waals surface area (Å²) in [5.41, 5.74) is 0.483. The van der Waals surface area contributed by atoms with E-state index >= 15 is 0 Å². The highest BCUT2D eigenvalue weighted by Crippen LogP contribution is 2.50. The molecule has 1 saturated carbocycles. The molecule has 4 heteroatoms. The maximum absolute atomic E-state index is 11.9. The Morgan fingerprint density at radius 3 is 2.32 bits per heavy atom. The zero-order chi connectivity index (χ0) is 13.9. The smallest absolute Gasteiger partial charge is 0.316 e. The van der Waals surface area contributed by atoms with E-state index < -0.39 is 5.41 Å². The van der Waals surface area contributed by atoms with Gasteiger partial charge in [0.05, 0.1) is 25.7 Å². The van der Waals surface area contributed by atoms with Gasteiger partial charge in [-0.3, -0.25) is 4.79 Å². The summed E-state index contributed by atoms with van der Waals surface area (Å²) in [5.74, 6) is 1.24. The summed E-state index contributed by atoms with van der Waals surface area (Å²) in [7, 11) is 1.43. The van der Waals surface area contributed by atoms with Crippen LogP contribution >= 0.6 is 0 Å². The number of hydrogen-bond acceptors (Lipinski definition) is 4. The highest BCUT2D eigenvalue weighted by Gasteiger charge is 2.52. The van der Waals surface area contributed by atoms with Crippen molar-refractivity contribution in [2.45, 2.75) is 32.1 Å². The second-order valence-corrected chi connectivity index (χ2v) is 4.60. The summed E-state index contributed by atoms with van der Waals surface area (Å²) in [6, 6.07) is 5.70. The lowest BCUT2D eigenvalue weighted by molar-refractivity contribution is -0.143. The molecule has 0 bridgehead atoms. The summed E-state index contributed by atoms with van der Waals surface area (Å²) in [5, 5.41) is 0. The Morgan fingerprint density at radius 1 is 1.16 bits per heavy atom. The molecule has 19 heavy (non-hydrogen) atoms. The van der Waals surface area contributed by atoms with Crippen LogP contribution in [-0.2, 0) is 14.9 Å². The van der Waals surface area contributed by atoms with Crippen molar-refractivity contribution in [3.8, 4) is 11.5 Å². The number of rotatable bonds is 6. The van der Waals surface area contributed by atoms with Gasteiger partial charge in [0.15, 0.2) is 11.5 Å². The Hall–Kier alpha value is -1.71. The molecule has 1 fully saturated rings. The molecule has 0 spiro atoms. The summed E-state index contributed by atoms with van der Waals surface area (Å²) in [6.07, 6.45) is 1.67. The van der Waals surface area contributed by atoms with Crippen molar-refractivity contribution >= 4 is 5.97 Å². The SMILES string of the molecule is CCOc1ccc(C2(C(=O)OC)CC2)cc1OCC. The molecule has 104 valence electrons. The molecule has 1 aliphatic rings. The monoisotopic (exact) mass is 264 g/mol. The molecule has 0 unspecified atom stereocenters. The molecule has 0 heterocycles. The van der Waals surface area contributed by atoms with E-state index in [1.54, 1.807) is 0 Å². The van der Waals surface area contributed by atoms with Gasteiger partial charge in [-0.1, -0.05) is 6.07 Å². The fourth-order valence-corrected chi connectivity index (χ4v) is 2.28. The van der Waals surface area contributed by atoms with Gasteiger partial charge >= 0.3 is 5.97 Å². The zero-order valence-corrected chi connectivity index (χ0v) is 11.7. The van der Waals surface area contributed by atoms with Gasteiger partial charge in [0, 0.05) is 0 Å². The Labute approximate surface area is 113 Å². The number of ether oxygens (including phenoxy) is 3. The van der Waals surface area contributed by atoms with Crippen molar-refractivity contribution in [1.29, 1.82) is 0 Å². The minimum Gasteiger partial charge on any atom is -0.490 e. The van der Waals surface area contributed by atoms with Crippen LogP contribution in [0.2, 0.25) is 0 Å². The van der Waals surface area contributed by atoms with Gasteiger partial charge in [0.25, 0.3) is 0 Å². The van der Waals surface area contributed by atoms with Crippen LogP contribution < -0.4 is 9.47 Å². The van der Waals surface area contributed by atoms with Crippen molar-refractivity contribution in [2.24, 2.45) is 0 Å². The van der Waals surface area contributed by atoms with E-state index in [2.05, 4.69) is 0 Å². The molecule has 0 saturated heterocycles. The van der Waals surface area contributed by atoms with Crippen molar-refractivity contribution in [3.63, 3.8) is 0 Å². The van der Waals surface area contributed by atoms with Crippen LogP contribution in [0.15, 0.2) is 18.2 Å². The van der Waals surface area contributed by atoms with Crippen LogP contribution in [0.3, 0.4) is 0 Å². The second kappa shape index (κ2) is 5.51. The number of esters is 1. The molecule has 2 rings (SSSR count). The van der Waals surface area contributed by atoms with Gasteiger partial charge < -0.3 is 14.2 Å². The Morgan fingerprint density at radius 2 is 1.79 bits per heavy atom. The fraction of sp³-hybridized carbons (Fsp3) is 0.533. The van der Waals surface area contributed by atoms with Crippen LogP contribution in [0.4, 0.5) is 0 Å². The van der Waals surface area contributed by atoms with Gasteiger partial charge in [-0.2, -0.15) is 0 Å². The number of hydrogen-bond donors (Lipinski definition) is 0. The molecule has 0 radical (unpaired) electrons. The number of methoxy groups -OCH3 is 1. The van der Waals surface area contributed by atoms with Crippen LogP contribution in [0, 0.1) is 0 Å². The lowest BCUT2D eigenvalue weighted by atomic mass is 9.95. The molecule has 0 amide bonds. The average Bonchev–Trinajstić information content (AvgIpc) is 3.22. The van der Waals surface area contributed by atoms with E-state index in [4.69, 9.17) is 14.2 Å². The normalized spacial score (nSPS) is 15.7. The largest absolute Gasteiger partial charge is 0.490 e. The first-order chi connectivity index (χ1) is 9.17. The van der Waals surface area contributed by atoms with E-state index in [0.717, 1.165) is 18.4 Å². The third-order valence-corrected chi connectivity index (χ3v) is 3.42. The second-order valence-electron chi connectivity index (χ2n) is 4.60. The first-order valence-corrected chi connectivity index (χ1v) is 6.66. The van der Waals surface area contributed by atoms with E-state index in [1.807, 2.05) is 32.0 Å². The van der Waals surface area contributed by atoms with Crippen molar-refractivity contribution in [2.75, 3.05) is 20.3 Å². The molecule has 1 aromatic rings.